The Hall–Kier alpha value is -0.791. The Morgan fingerprint density at radius 1 is 1.38 bits per heavy atom. The topological polar surface area (TPSA) is 26.3 Å². The number of carbonyl (C=O) groups excluding carboxylic acids is 1. The fourth-order valence-corrected chi connectivity index (χ4v) is 2.20. The van der Waals surface area contributed by atoms with Crippen LogP contribution in [0.1, 0.15) is 13.3 Å². The first kappa shape index (κ1) is 10.3. The van der Waals surface area contributed by atoms with Crippen molar-refractivity contribution < 1.29 is 9.53 Å². The molecule has 0 N–H and O–H groups in total. The summed E-state index contributed by atoms with van der Waals surface area (Å²) < 4.78 is 6.25. The van der Waals surface area contributed by atoms with Crippen LogP contribution in [0.3, 0.4) is 0 Å². The van der Waals surface area contributed by atoms with Gasteiger partial charge >= 0.3 is 84.1 Å². The van der Waals surface area contributed by atoms with E-state index >= 15 is 0 Å². The van der Waals surface area contributed by atoms with Crippen molar-refractivity contribution in [3.8, 4) is 0 Å². The predicted octanol–water partition coefficient (Wildman–Crippen LogP) is 0.927. The van der Waals surface area contributed by atoms with E-state index in [1.165, 1.54) is 4.46 Å². The van der Waals surface area contributed by atoms with E-state index in [0.29, 0.717) is 11.9 Å². The van der Waals surface area contributed by atoms with Crippen molar-refractivity contribution in [3.63, 3.8) is 0 Å². The standard InChI is InChI=1S/C10H12O2Se/c1-2-10(11)12-8-13-9-6-4-3-5-7-9/h3-7H,2,8H2,1H3. The number of hydrogen-bond acceptors (Lipinski definition) is 2. The first-order valence-electron chi connectivity index (χ1n) is 4.16. The van der Waals surface area contributed by atoms with Gasteiger partial charge in [-0.3, -0.25) is 0 Å². The zero-order valence-electron chi connectivity index (χ0n) is 7.53. The minimum atomic E-state index is -0.113. The summed E-state index contributed by atoms with van der Waals surface area (Å²) in [6, 6.07) is 10.1. The van der Waals surface area contributed by atoms with Gasteiger partial charge in [0.1, 0.15) is 0 Å². The summed E-state index contributed by atoms with van der Waals surface area (Å²) in [5.74, 6) is -0.113. The molecule has 0 aromatic heterocycles. The third kappa shape index (κ3) is 4.11. The van der Waals surface area contributed by atoms with Gasteiger partial charge in [-0.25, -0.2) is 0 Å². The summed E-state index contributed by atoms with van der Waals surface area (Å²) in [6.07, 6.45) is 0.463. The molecule has 0 aliphatic carbocycles. The molecule has 0 atom stereocenters. The molecule has 1 aromatic carbocycles. The Kier molecular flexibility index (Phi) is 4.58. The molecule has 0 spiro atoms. The molecule has 0 amide bonds. The molecule has 0 aliphatic rings. The zero-order valence-corrected chi connectivity index (χ0v) is 9.24. The quantitative estimate of drug-likeness (QED) is 0.580. The van der Waals surface area contributed by atoms with Gasteiger partial charge in [-0.15, -0.1) is 0 Å². The molecule has 0 saturated heterocycles. The third-order valence-corrected chi connectivity index (χ3v) is 3.24. The molecular formula is C10H12O2Se. The molecule has 3 heteroatoms. The summed E-state index contributed by atoms with van der Waals surface area (Å²) >= 11 is 0.256. The van der Waals surface area contributed by atoms with Gasteiger partial charge in [0.2, 0.25) is 0 Å². The second-order valence-electron chi connectivity index (χ2n) is 2.45. The van der Waals surface area contributed by atoms with Crippen LogP contribution in [0.5, 0.6) is 0 Å². The van der Waals surface area contributed by atoms with Gasteiger partial charge in [-0.1, -0.05) is 0 Å². The van der Waals surface area contributed by atoms with E-state index in [4.69, 9.17) is 4.74 Å². The number of ether oxygens (including phenoxy) is 1. The van der Waals surface area contributed by atoms with E-state index < -0.39 is 0 Å². The summed E-state index contributed by atoms with van der Waals surface area (Å²) in [5.41, 5.74) is 0.545. The molecule has 70 valence electrons. The van der Waals surface area contributed by atoms with Gasteiger partial charge in [-0.05, 0) is 0 Å². The Bertz CT molecular complexity index is 259. The van der Waals surface area contributed by atoms with Crippen molar-refractivity contribution >= 4 is 25.4 Å². The first-order chi connectivity index (χ1) is 6.33. The van der Waals surface area contributed by atoms with Crippen molar-refractivity contribution in [1.82, 2.24) is 0 Å². The van der Waals surface area contributed by atoms with E-state index in [9.17, 15) is 4.79 Å². The molecule has 0 radical (unpaired) electrons. The molecule has 0 heterocycles. The van der Waals surface area contributed by atoms with Gasteiger partial charge in [-0.2, -0.15) is 0 Å². The van der Waals surface area contributed by atoms with E-state index in [2.05, 4.69) is 12.1 Å². The average Bonchev–Trinajstić information content (AvgIpc) is 2.19. The van der Waals surface area contributed by atoms with E-state index in [-0.39, 0.29) is 20.9 Å². The van der Waals surface area contributed by atoms with Crippen LogP contribution in [0.15, 0.2) is 30.3 Å². The van der Waals surface area contributed by atoms with Crippen LogP contribution in [0.2, 0.25) is 0 Å². The van der Waals surface area contributed by atoms with Crippen LogP contribution >= 0.6 is 0 Å². The summed E-state index contributed by atoms with van der Waals surface area (Å²) in [7, 11) is 0. The first-order valence-corrected chi connectivity index (χ1v) is 6.23. The summed E-state index contributed by atoms with van der Waals surface area (Å²) in [6.45, 7) is 1.80. The van der Waals surface area contributed by atoms with E-state index in [1.54, 1.807) is 6.92 Å². The molecule has 13 heavy (non-hydrogen) atoms. The fourth-order valence-electron chi connectivity index (χ4n) is 0.782. The Balaban J connectivity index is 2.24. The minimum absolute atomic E-state index is 0.113. The van der Waals surface area contributed by atoms with Crippen molar-refractivity contribution in [2.45, 2.75) is 13.3 Å². The molecular weight excluding hydrogens is 231 g/mol. The number of carbonyl (C=O) groups is 1. The van der Waals surface area contributed by atoms with E-state index in [1.807, 2.05) is 18.2 Å². The van der Waals surface area contributed by atoms with Gasteiger partial charge in [0.15, 0.2) is 0 Å². The monoisotopic (exact) mass is 244 g/mol. The van der Waals surface area contributed by atoms with Crippen LogP contribution in [0.4, 0.5) is 0 Å². The van der Waals surface area contributed by atoms with Gasteiger partial charge in [0, 0.05) is 0 Å². The second-order valence-corrected chi connectivity index (χ2v) is 4.53. The molecule has 1 aromatic rings. The molecule has 1 rings (SSSR count). The van der Waals surface area contributed by atoms with Gasteiger partial charge < -0.3 is 0 Å². The number of rotatable bonds is 4. The number of esters is 1. The summed E-state index contributed by atoms with van der Waals surface area (Å²) in [5, 5.41) is 0. The Morgan fingerprint density at radius 2 is 2.08 bits per heavy atom. The molecule has 0 unspecified atom stereocenters. The Labute approximate surface area is 84.4 Å². The molecule has 0 saturated carbocycles. The van der Waals surface area contributed by atoms with Crippen LogP contribution in [0.25, 0.3) is 0 Å². The maximum atomic E-state index is 10.8. The average molecular weight is 243 g/mol. The predicted molar refractivity (Wildman–Crippen MR) is 53.1 cm³/mol. The van der Waals surface area contributed by atoms with E-state index in [0.717, 1.165) is 0 Å². The van der Waals surface area contributed by atoms with Crippen molar-refractivity contribution in [3.05, 3.63) is 30.3 Å². The number of hydrogen-bond donors (Lipinski definition) is 0. The maximum absolute atomic E-state index is 10.8. The van der Waals surface area contributed by atoms with Gasteiger partial charge in [0.25, 0.3) is 0 Å². The van der Waals surface area contributed by atoms with Crippen molar-refractivity contribution in [2.24, 2.45) is 0 Å². The van der Waals surface area contributed by atoms with Crippen LogP contribution in [0, 0.1) is 0 Å². The van der Waals surface area contributed by atoms with Crippen LogP contribution in [-0.2, 0) is 9.53 Å². The van der Waals surface area contributed by atoms with Gasteiger partial charge in [0.05, 0.1) is 0 Å². The Morgan fingerprint density at radius 3 is 2.69 bits per heavy atom. The molecule has 2 nitrogen and oxygen atoms in total. The number of benzene rings is 1. The second kappa shape index (κ2) is 5.79. The third-order valence-electron chi connectivity index (χ3n) is 1.48. The molecule has 0 fully saturated rings. The van der Waals surface area contributed by atoms with Crippen LogP contribution < -0.4 is 4.46 Å². The fraction of sp³-hybridized carbons (Fsp3) is 0.300. The zero-order chi connectivity index (χ0) is 9.52. The van der Waals surface area contributed by atoms with Crippen LogP contribution in [-0.4, -0.2) is 26.4 Å². The molecule has 0 aliphatic heterocycles. The van der Waals surface area contributed by atoms with Crippen molar-refractivity contribution in [1.29, 1.82) is 0 Å². The normalized spacial score (nSPS) is 9.62. The SMILES string of the molecule is CCC(=O)OC[Se]c1ccccc1. The molecule has 0 bridgehead atoms. The van der Waals surface area contributed by atoms with Crippen molar-refractivity contribution in [2.75, 3.05) is 5.51 Å². The summed E-state index contributed by atoms with van der Waals surface area (Å²) in [4.78, 5) is 10.8.